The number of morpholine rings is 1. The van der Waals surface area contributed by atoms with Crippen LogP contribution in [0.5, 0.6) is 5.88 Å². The lowest BCUT2D eigenvalue weighted by molar-refractivity contribution is -0.0174. The van der Waals surface area contributed by atoms with Crippen molar-refractivity contribution in [2.75, 3.05) is 25.1 Å². The standard InChI is InChI=1S/C14H17N3O2S/c1-10-7-17(13-5-15-6-14(16-13)18-2)8-12(19-10)11-3-4-20-9-11/h3-6,9-10,12H,7-8H2,1-2H3/t10-,12+/m1/s1. The van der Waals surface area contributed by atoms with Crippen LogP contribution >= 0.6 is 11.3 Å². The van der Waals surface area contributed by atoms with Gasteiger partial charge in [-0.3, -0.25) is 4.98 Å². The first-order chi connectivity index (χ1) is 9.76. The Labute approximate surface area is 122 Å². The Hall–Kier alpha value is -1.66. The molecule has 0 unspecified atom stereocenters. The summed E-state index contributed by atoms with van der Waals surface area (Å²) in [6.07, 6.45) is 3.62. The number of nitrogens with zero attached hydrogens (tertiary/aromatic N) is 3. The van der Waals surface area contributed by atoms with E-state index in [1.165, 1.54) is 5.56 Å². The van der Waals surface area contributed by atoms with Crippen LogP contribution in [0.4, 0.5) is 5.82 Å². The smallest absolute Gasteiger partial charge is 0.233 e. The molecule has 3 heterocycles. The Morgan fingerprint density at radius 2 is 2.30 bits per heavy atom. The molecule has 0 bridgehead atoms. The third-order valence-corrected chi connectivity index (χ3v) is 4.01. The lowest BCUT2D eigenvalue weighted by Gasteiger charge is -2.37. The van der Waals surface area contributed by atoms with E-state index in [0.29, 0.717) is 5.88 Å². The molecule has 0 amide bonds. The van der Waals surface area contributed by atoms with Crippen molar-refractivity contribution in [3.8, 4) is 5.88 Å². The second kappa shape index (κ2) is 5.76. The summed E-state index contributed by atoms with van der Waals surface area (Å²) in [4.78, 5) is 10.8. The lowest BCUT2D eigenvalue weighted by Crippen LogP contribution is -2.43. The van der Waals surface area contributed by atoms with Gasteiger partial charge in [0.05, 0.1) is 25.6 Å². The van der Waals surface area contributed by atoms with Crippen LogP contribution in [0.25, 0.3) is 0 Å². The van der Waals surface area contributed by atoms with E-state index in [-0.39, 0.29) is 12.2 Å². The Morgan fingerprint density at radius 1 is 1.40 bits per heavy atom. The first-order valence-electron chi connectivity index (χ1n) is 6.55. The fourth-order valence-electron chi connectivity index (χ4n) is 2.37. The molecule has 1 aliphatic heterocycles. The summed E-state index contributed by atoms with van der Waals surface area (Å²) in [7, 11) is 1.60. The quantitative estimate of drug-likeness (QED) is 0.869. The fourth-order valence-corrected chi connectivity index (χ4v) is 3.07. The van der Waals surface area contributed by atoms with Gasteiger partial charge < -0.3 is 14.4 Å². The number of rotatable bonds is 3. The van der Waals surface area contributed by atoms with Gasteiger partial charge in [0.1, 0.15) is 6.10 Å². The molecule has 1 aliphatic rings. The van der Waals surface area contributed by atoms with Gasteiger partial charge in [0.15, 0.2) is 5.82 Å². The highest BCUT2D eigenvalue weighted by molar-refractivity contribution is 7.07. The molecule has 0 aliphatic carbocycles. The lowest BCUT2D eigenvalue weighted by atomic mass is 10.1. The van der Waals surface area contributed by atoms with Gasteiger partial charge in [-0.15, -0.1) is 0 Å². The van der Waals surface area contributed by atoms with Crippen LogP contribution < -0.4 is 9.64 Å². The zero-order valence-electron chi connectivity index (χ0n) is 11.5. The minimum atomic E-state index is 0.0815. The molecule has 6 heteroatoms. The maximum atomic E-state index is 6.02. The Bertz CT molecular complexity index is 561. The molecule has 106 valence electrons. The van der Waals surface area contributed by atoms with E-state index in [1.807, 2.05) is 0 Å². The minimum absolute atomic E-state index is 0.0815. The number of ether oxygens (including phenoxy) is 2. The normalized spacial score (nSPS) is 22.8. The van der Waals surface area contributed by atoms with Crippen LogP contribution in [0.3, 0.4) is 0 Å². The van der Waals surface area contributed by atoms with E-state index in [1.54, 1.807) is 30.8 Å². The molecule has 0 aromatic carbocycles. The van der Waals surface area contributed by atoms with Crippen molar-refractivity contribution >= 4 is 17.2 Å². The molecule has 5 nitrogen and oxygen atoms in total. The van der Waals surface area contributed by atoms with E-state index in [0.717, 1.165) is 18.9 Å². The predicted molar refractivity (Wildman–Crippen MR) is 78.4 cm³/mol. The van der Waals surface area contributed by atoms with Crippen molar-refractivity contribution in [3.05, 3.63) is 34.8 Å². The molecule has 1 saturated heterocycles. The number of thiophene rings is 1. The molecule has 2 aromatic heterocycles. The first-order valence-corrected chi connectivity index (χ1v) is 7.49. The molecule has 0 saturated carbocycles. The summed E-state index contributed by atoms with van der Waals surface area (Å²) in [5, 5.41) is 4.21. The monoisotopic (exact) mass is 291 g/mol. The van der Waals surface area contributed by atoms with Crippen LogP contribution in [0.15, 0.2) is 29.2 Å². The third kappa shape index (κ3) is 2.76. The highest BCUT2D eigenvalue weighted by atomic mass is 32.1. The molecule has 0 spiro atoms. The van der Waals surface area contributed by atoms with Crippen LogP contribution in [0.1, 0.15) is 18.6 Å². The summed E-state index contributed by atoms with van der Waals surface area (Å²) in [5.74, 6) is 1.37. The molecule has 0 N–H and O–H groups in total. The summed E-state index contributed by atoms with van der Waals surface area (Å²) < 4.78 is 11.2. The topological polar surface area (TPSA) is 47.5 Å². The maximum absolute atomic E-state index is 6.02. The average molecular weight is 291 g/mol. The SMILES string of the molecule is COc1cncc(N2C[C@@H](C)O[C@H](c3ccsc3)C2)n1. The number of hydrogen-bond donors (Lipinski definition) is 0. The molecule has 20 heavy (non-hydrogen) atoms. The predicted octanol–water partition coefficient (Wildman–Crippen LogP) is 2.51. The van der Waals surface area contributed by atoms with Gasteiger partial charge in [0, 0.05) is 13.1 Å². The van der Waals surface area contributed by atoms with Crippen molar-refractivity contribution in [3.63, 3.8) is 0 Å². The molecule has 1 fully saturated rings. The van der Waals surface area contributed by atoms with E-state index in [2.05, 4.69) is 38.6 Å². The van der Waals surface area contributed by atoms with Crippen LogP contribution in [0.2, 0.25) is 0 Å². The molecule has 3 rings (SSSR count). The van der Waals surface area contributed by atoms with Crippen LogP contribution in [0, 0.1) is 0 Å². The zero-order valence-corrected chi connectivity index (χ0v) is 12.3. The van der Waals surface area contributed by atoms with Gasteiger partial charge in [0.25, 0.3) is 0 Å². The minimum Gasteiger partial charge on any atom is -0.480 e. The van der Waals surface area contributed by atoms with Crippen molar-refractivity contribution in [2.45, 2.75) is 19.1 Å². The summed E-state index contributed by atoms with van der Waals surface area (Å²) in [5.41, 5.74) is 1.22. The maximum Gasteiger partial charge on any atom is 0.233 e. The molecular formula is C14H17N3O2S. The highest BCUT2D eigenvalue weighted by Gasteiger charge is 2.27. The molecular weight excluding hydrogens is 274 g/mol. The van der Waals surface area contributed by atoms with Crippen LogP contribution in [-0.4, -0.2) is 36.3 Å². The number of anilines is 1. The van der Waals surface area contributed by atoms with Gasteiger partial charge in [-0.2, -0.15) is 16.3 Å². The number of methoxy groups -OCH3 is 1. The van der Waals surface area contributed by atoms with Gasteiger partial charge >= 0.3 is 0 Å². The Balaban J connectivity index is 1.82. The van der Waals surface area contributed by atoms with Crippen LogP contribution in [-0.2, 0) is 4.74 Å². The first kappa shape index (κ1) is 13.3. The van der Waals surface area contributed by atoms with Crippen molar-refractivity contribution in [1.29, 1.82) is 0 Å². The van der Waals surface area contributed by atoms with E-state index >= 15 is 0 Å². The Kier molecular flexibility index (Phi) is 3.84. The summed E-state index contributed by atoms with van der Waals surface area (Å²) in [6, 6.07) is 2.11. The van der Waals surface area contributed by atoms with Crippen molar-refractivity contribution in [1.82, 2.24) is 9.97 Å². The second-order valence-corrected chi connectivity index (χ2v) is 5.60. The highest BCUT2D eigenvalue weighted by Crippen LogP contribution is 2.29. The largest absolute Gasteiger partial charge is 0.480 e. The van der Waals surface area contributed by atoms with Gasteiger partial charge in [-0.25, -0.2) is 0 Å². The van der Waals surface area contributed by atoms with E-state index < -0.39 is 0 Å². The second-order valence-electron chi connectivity index (χ2n) is 4.82. The summed E-state index contributed by atoms with van der Waals surface area (Å²) in [6.45, 7) is 3.67. The molecule has 2 aromatic rings. The Morgan fingerprint density at radius 3 is 3.05 bits per heavy atom. The zero-order chi connectivity index (χ0) is 13.9. The fraction of sp³-hybridized carbons (Fsp3) is 0.429. The van der Waals surface area contributed by atoms with Gasteiger partial charge in [0.2, 0.25) is 5.88 Å². The van der Waals surface area contributed by atoms with Crippen molar-refractivity contribution < 1.29 is 9.47 Å². The van der Waals surface area contributed by atoms with E-state index in [9.17, 15) is 0 Å². The third-order valence-electron chi connectivity index (χ3n) is 3.31. The van der Waals surface area contributed by atoms with Gasteiger partial charge in [-0.1, -0.05) is 0 Å². The molecule has 0 radical (unpaired) electrons. The van der Waals surface area contributed by atoms with E-state index in [4.69, 9.17) is 9.47 Å². The van der Waals surface area contributed by atoms with Gasteiger partial charge in [-0.05, 0) is 29.3 Å². The average Bonchev–Trinajstić information content (AvgIpc) is 3.01. The van der Waals surface area contributed by atoms with Crippen molar-refractivity contribution in [2.24, 2.45) is 0 Å². The number of hydrogen-bond acceptors (Lipinski definition) is 6. The number of aromatic nitrogens is 2. The summed E-state index contributed by atoms with van der Waals surface area (Å²) >= 11 is 1.69. The molecule has 2 atom stereocenters.